The Morgan fingerprint density at radius 2 is 2.06 bits per heavy atom. The van der Waals surface area contributed by atoms with Crippen LogP contribution >= 0.6 is 0 Å². The number of halogens is 2. The fraction of sp³-hybridized carbons (Fsp3) is 0.417. The number of nitrogens with zero attached hydrogens (tertiary/aromatic N) is 5. The number of hydrogen-bond acceptors (Lipinski definition) is 6. The minimum absolute atomic E-state index is 0.00555. The van der Waals surface area contributed by atoms with Gasteiger partial charge >= 0.3 is 0 Å². The van der Waals surface area contributed by atoms with Gasteiger partial charge in [0.1, 0.15) is 17.9 Å². The summed E-state index contributed by atoms with van der Waals surface area (Å²) in [6.07, 6.45) is 8.76. The lowest BCUT2D eigenvalue weighted by atomic mass is 9.61. The van der Waals surface area contributed by atoms with Crippen LogP contribution in [0.1, 0.15) is 48.3 Å². The fourth-order valence-corrected chi connectivity index (χ4v) is 5.15. The number of ether oxygens (including phenoxy) is 2. The molecule has 0 unspecified atom stereocenters. The Morgan fingerprint density at radius 3 is 2.77 bits per heavy atom. The highest BCUT2D eigenvalue weighted by Gasteiger charge is 2.64. The topological polar surface area (TPSA) is 95.1 Å². The van der Waals surface area contributed by atoms with Crippen molar-refractivity contribution in [2.24, 2.45) is 0 Å². The highest BCUT2D eigenvalue weighted by atomic mass is 19.1. The molecule has 2 bridgehead atoms. The normalized spacial score (nSPS) is 23.3. The van der Waals surface area contributed by atoms with Gasteiger partial charge in [0.15, 0.2) is 17.0 Å². The van der Waals surface area contributed by atoms with Gasteiger partial charge in [0.05, 0.1) is 30.2 Å². The molecule has 0 radical (unpaired) electrons. The number of nitrogens with one attached hydrogen (secondary N) is 1. The Kier molecular flexibility index (Phi) is 4.66. The molecule has 1 saturated carbocycles. The third-order valence-corrected chi connectivity index (χ3v) is 6.74. The Bertz CT molecular complexity index is 1490. The highest BCUT2D eigenvalue weighted by Crippen LogP contribution is 2.58. The van der Waals surface area contributed by atoms with Crippen molar-refractivity contribution in [1.82, 2.24) is 24.0 Å². The van der Waals surface area contributed by atoms with E-state index < -0.39 is 29.4 Å². The van der Waals surface area contributed by atoms with Gasteiger partial charge in [-0.2, -0.15) is 9.49 Å². The summed E-state index contributed by atoms with van der Waals surface area (Å²) in [5.41, 5.74) is 1.24. The average molecular weight is 482 g/mol. The first kappa shape index (κ1) is 21.9. The van der Waals surface area contributed by atoms with E-state index in [1.54, 1.807) is 37.0 Å². The monoisotopic (exact) mass is 482 g/mol. The number of imidazole rings is 1. The highest BCUT2D eigenvalue weighted by molar-refractivity contribution is 6.07. The standard InChI is InChI=1S/C24H24F2N6O3/c1-13(2)35-19-15(22(33)29-16-5-28-32-6-14(3)4-27-20(16)32)7-31-8-17(30-21(31)18(19)26)23-9-24(10-23,11-25)34-12-23/h4-8,13H,9-12H2,1-3H3,(H,29,33). The van der Waals surface area contributed by atoms with Gasteiger partial charge < -0.3 is 19.2 Å². The second kappa shape index (κ2) is 7.45. The van der Waals surface area contributed by atoms with Crippen molar-refractivity contribution in [3.8, 4) is 5.75 Å². The average Bonchev–Trinajstić information content (AvgIpc) is 3.56. The summed E-state index contributed by atoms with van der Waals surface area (Å²) in [6.45, 7) is 5.17. The molecular formula is C24H24F2N6O3. The molecular weight excluding hydrogens is 458 g/mol. The maximum absolute atomic E-state index is 15.7. The van der Waals surface area contributed by atoms with Gasteiger partial charge in [-0.05, 0) is 39.2 Å². The molecule has 11 heteroatoms. The van der Waals surface area contributed by atoms with Crippen LogP contribution in [0.15, 0.2) is 31.0 Å². The lowest BCUT2D eigenvalue weighted by Gasteiger charge is -2.41. The third kappa shape index (κ3) is 3.28. The van der Waals surface area contributed by atoms with Crippen molar-refractivity contribution in [1.29, 1.82) is 0 Å². The molecule has 7 rings (SSSR count). The molecule has 0 aromatic carbocycles. The molecule has 35 heavy (non-hydrogen) atoms. The van der Waals surface area contributed by atoms with Gasteiger partial charge in [-0.3, -0.25) is 4.79 Å². The molecule has 3 aliphatic rings. The van der Waals surface area contributed by atoms with Crippen LogP contribution in [0.25, 0.3) is 11.3 Å². The molecule has 6 heterocycles. The first-order valence-corrected chi connectivity index (χ1v) is 11.4. The van der Waals surface area contributed by atoms with Crippen LogP contribution in [0.4, 0.5) is 14.5 Å². The zero-order chi connectivity index (χ0) is 24.5. The number of amides is 1. The summed E-state index contributed by atoms with van der Waals surface area (Å²) < 4.78 is 43.5. The van der Waals surface area contributed by atoms with Crippen LogP contribution in [0.2, 0.25) is 0 Å². The number of anilines is 1. The number of alkyl halides is 1. The summed E-state index contributed by atoms with van der Waals surface area (Å²) in [6, 6.07) is 0. The second-order valence-electron chi connectivity index (χ2n) is 9.86. The summed E-state index contributed by atoms with van der Waals surface area (Å²) in [7, 11) is 0. The molecule has 2 aliphatic heterocycles. The van der Waals surface area contributed by atoms with Crippen molar-refractivity contribution in [3.63, 3.8) is 0 Å². The summed E-state index contributed by atoms with van der Waals surface area (Å²) in [4.78, 5) is 22.2. The van der Waals surface area contributed by atoms with E-state index in [1.165, 1.54) is 16.8 Å². The van der Waals surface area contributed by atoms with Crippen molar-refractivity contribution < 1.29 is 23.0 Å². The summed E-state index contributed by atoms with van der Waals surface area (Å²) >= 11 is 0. The Morgan fingerprint density at radius 1 is 1.26 bits per heavy atom. The van der Waals surface area contributed by atoms with Gasteiger partial charge in [-0.15, -0.1) is 0 Å². The number of hydrogen-bond donors (Lipinski definition) is 1. The molecule has 1 amide bonds. The SMILES string of the molecule is Cc1cnc2c(NC(=O)c3cn4cc(C56COC(CF)(C5)C6)nc4c(F)c3OC(C)C)cnn2c1. The van der Waals surface area contributed by atoms with Crippen molar-refractivity contribution in [2.45, 2.75) is 50.7 Å². The number of aryl methyl sites for hydroxylation is 1. The van der Waals surface area contributed by atoms with Crippen LogP contribution in [0, 0.1) is 12.7 Å². The maximum atomic E-state index is 15.7. The molecule has 3 fully saturated rings. The Hall–Kier alpha value is -3.60. The number of carbonyl (C=O) groups excluding carboxylic acids is 1. The molecule has 1 aliphatic carbocycles. The summed E-state index contributed by atoms with van der Waals surface area (Å²) in [5, 5.41) is 6.99. The predicted octanol–water partition coefficient (Wildman–Crippen LogP) is 3.63. The minimum atomic E-state index is -0.744. The first-order chi connectivity index (χ1) is 16.7. The summed E-state index contributed by atoms with van der Waals surface area (Å²) in [5.74, 6) is -1.50. The second-order valence-corrected chi connectivity index (χ2v) is 9.86. The van der Waals surface area contributed by atoms with E-state index in [9.17, 15) is 9.18 Å². The van der Waals surface area contributed by atoms with Gasteiger partial charge in [-0.25, -0.2) is 18.9 Å². The molecule has 0 atom stereocenters. The molecule has 4 aromatic heterocycles. The fourth-order valence-electron chi connectivity index (χ4n) is 5.15. The zero-order valence-electron chi connectivity index (χ0n) is 19.5. The minimum Gasteiger partial charge on any atom is -0.487 e. The van der Waals surface area contributed by atoms with Crippen molar-refractivity contribution in [2.75, 3.05) is 18.6 Å². The van der Waals surface area contributed by atoms with E-state index in [2.05, 4.69) is 20.4 Å². The maximum Gasteiger partial charge on any atom is 0.261 e. The van der Waals surface area contributed by atoms with Crippen LogP contribution in [0.5, 0.6) is 5.75 Å². The number of fused-ring (bicyclic) bond motifs is 3. The predicted molar refractivity (Wildman–Crippen MR) is 122 cm³/mol. The van der Waals surface area contributed by atoms with Crippen LogP contribution in [0.3, 0.4) is 0 Å². The van der Waals surface area contributed by atoms with E-state index in [1.807, 2.05) is 6.92 Å². The largest absolute Gasteiger partial charge is 0.487 e. The van der Waals surface area contributed by atoms with E-state index in [0.717, 1.165) is 5.56 Å². The van der Waals surface area contributed by atoms with E-state index in [0.29, 0.717) is 36.5 Å². The Balaban J connectivity index is 1.40. The number of pyridine rings is 1. The molecule has 4 aromatic rings. The Labute approximate surface area is 199 Å². The number of rotatable bonds is 6. The van der Waals surface area contributed by atoms with E-state index in [-0.39, 0.29) is 23.1 Å². The number of aromatic nitrogens is 5. The molecule has 2 saturated heterocycles. The molecule has 182 valence electrons. The van der Waals surface area contributed by atoms with Gasteiger partial charge in [0.25, 0.3) is 5.91 Å². The quantitative estimate of drug-likeness (QED) is 0.451. The van der Waals surface area contributed by atoms with Crippen LogP contribution < -0.4 is 10.1 Å². The van der Waals surface area contributed by atoms with Crippen LogP contribution in [-0.2, 0) is 10.2 Å². The lowest BCUT2D eigenvalue weighted by molar-refractivity contribution is -0.0235. The molecule has 0 spiro atoms. The third-order valence-electron chi connectivity index (χ3n) is 6.74. The smallest absolute Gasteiger partial charge is 0.261 e. The van der Waals surface area contributed by atoms with Gasteiger partial charge in [0.2, 0.25) is 5.82 Å². The van der Waals surface area contributed by atoms with Crippen molar-refractivity contribution >= 4 is 22.9 Å². The van der Waals surface area contributed by atoms with Gasteiger partial charge in [0, 0.05) is 30.2 Å². The van der Waals surface area contributed by atoms with Crippen LogP contribution in [-0.4, -0.2) is 54.9 Å². The van der Waals surface area contributed by atoms with E-state index >= 15 is 4.39 Å². The molecule has 9 nitrogen and oxygen atoms in total. The van der Waals surface area contributed by atoms with Gasteiger partial charge in [-0.1, -0.05) is 0 Å². The zero-order valence-corrected chi connectivity index (χ0v) is 19.5. The van der Waals surface area contributed by atoms with E-state index in [4.69, 9.17) is 9.47 Å². The first-order valence-electron chi connectivity index (χ1n) is 11.4. The molecule has 1 N–H and O–H groups in total. The lowest BCUT2D eigenvalue weighted by Crippen LogP contribution is -2.48. The van der Waals surface area contributed by atoms with Crippen molar-refractivity contribution in [3.05, 3.63) is 53.6 Å². The number of carbonyl (C=O) groups is 1.